The van der Waals surface area contributed by atoms with Crippen molar-refractivity contribution in [3.05, 3.63) is 98.6 Å². The van der Waals surface area contributed by atoms with Gasteiger partial charge in [0.25, 0.3) is 11.8 Å². The summed E-state index contributed by atoms with van der Waals surface area (Å²) < 4.78 is 5.58. The van der Waals surface area contributed by atoms with Crippen molar-refractivity contribution < 1.29 is 19.1 Å². The van der Waals surface area contributed by atoms with E-state index in [-0.39, 0.29) is 32.4 Å². The van der Waals surface area contributed by atoms with E-state index in [1.807, 2.05) is 26.0 Å². The number of nitrogens with zero attached hydrogens (tertiary/aromatic N) is 1. The molecule has 9 heteroatoms. The summed E-state index contributed by atoms with van der Waals surface area (Å²) in [5.74, 6) is -1.19. The van der Waals surface area contributed by atoms with Crippen molar-refractivity contribution in [1.29, 1.82) is 0 Å². The number of carbonyl (C=O) groups is 3. The maximum Gasteiger partial charge on any atom is 0.343 e. The smallest absolute Gasteiger partial charge is 0.343 e. The highest BCUT2D eigenvalue weighted by Crippen LogP contribution is 2.33. The number of ether oxygens (including phenoxy) is 1. The van der Waals surface area contributed by atoms with Crippen LogP contribution in [0.4, 0.5) is 11.4 Å². The molecule has 0 aromatic heterocycles. The van der Waals surface area contributed by atoms with Crippen molar-refractivity contribution in [1.82, 2.24) is 0 Å². The Morgan fingerprint density at radius 2 is 1.51 bits per heavy atom. The van der Waals surface area contributed by atoms with Crippen molar-refractivity contribution in [3.8, 4) is 5.75 Å². The van der Waals surface area contributed by atoms with Crippen LogP contribution >= 0.6 is 34.8 Å². The van der Waals surface area contributed by atoms with Crippen LogP contribution in [0.3, 0.4) is 0 Å². The molecule has 35 heavy (non-hydrogen) atoms. The molecule has 0 unspecified atom stereocenters. The molecule has 0 aliphatic carbocycles. The SMILES string of the molecule is CC(C)c1ccccc1OC(=O)c1ccc(NC2=C(Cl)C(=O)N(c3cc(Cl)cc(Cl)c3)C2=O)cc1. The second kappa shape index (κ2) is 10.1. The number of benzene rings is 3. The third-order valence-electron chi connectivity index (χ3n) is 5.27. The van der Waals surface area contributed by atoms with E-state index >= 15 is 0 Å². The number of para-hydroxylation sites is 1. The monoisotopic (exact) mass is 528 g/mol. The number of esters is 1. The van der Waals surface area contributed by atoms with Gasteiger partial charge in [0.05, 0.1) is 11.3 Å². The molecule has 3 aromatic carbocycles. The van der Waals surface area contributed by atoms with Gasteiger partial charge in [-0.2, -0.15) is 0 Å². The minimum Gasteiger partial charge on any atom is -0.423 e. The first-order valence-corrected chi connectivity index (χ1v) is 11.7. The Kier molecular flexibility index (Phi) is 7.17. The molecule has 178 valence electrons. The van der Waals surface area contributed by atoms with Crippen LogP contribution in [0.2, 0.25) is 10.0 Å². The number of rotatable bonds is 6. The molecule has 0 atom stereocenters. The van der Waals surface area contributed by atoms with E-state index < -0.39 is 17.8 Å². The molecule has 0 radical (unpaired) electrons. The summed E-state index contributed by atoms with van der Waals surface area (Å²) in [6.45, 7) is 4.04. The van der Waals surface area contributed by atoms with Crippen LogP contribution in [0.15, 0.2) is 77.5 Å². The van der Waals surface area contributed by atoms with Crippen LogP contribution in [0.5, 0.6) is 5.75 Å². The molecule has 1 heterocycles. The lowest BCUT2D eigenvalue weighted by atomic mass is 10.0. The van der Waals surface area contributed by atoms with E-state index in [1.165, 1.54) is 18.2 Å². The summed E-state index contributed by atoms with van der Waals surface area (Å²) in [5, 5.41) is 3.11. The fraction of sp³-hybridized carbons (Fsp3) is 0.115. The minimum atomic E-state index is -0.707. The van der Waals surface area contributed by atoms with E-state index in [4.69, 9.17) is 39.5 Å². The summed E-state index contributed by atoms with van der Waals surface area (Å²) >= 11 is 18.2. The van der Waals surface area contributed by atoms with Gasteiger partial charge < -0.3 is 10.1 Å². The van der Waals surface area contributed by atoms with E-state index in [0.717, 1.165) is 10.5 Å². The van der Waals surface area contributed by atoms with Gasteiger partial charge in [-0.3, -0.25) is 9.59 Å². The quantitative estimate of drug-likeness (QED) is 0.217. The molecule has 6 nitrogen and oxygen atoms in total. The second-order valence-corrected chi connectivity index (χ2v) is 9.30. The van der Waals surface area contributed by atoms with E-state index in [1.54, 1.807) is 36.4 Å². The first-order valence-electron chi connectivity index (χ1n) is 10.6. The first kappa shape index (κ1) is 24.8. The standard InChI is InChI=1S/C26H19Cl3N2O4/c1-14(2)20-5-3-4-6-21(20)35-26(34)15-7-9-18(10-8-15)30-23-22(29)24(32)31(25(23)33)19-12-16(27)11-17(28)13-19/h3-14,30H,1-2H3. The lowest BCUT2D eigenvalue weighted by Gasteiger charge is -2.16. The molecular weight excluding hydrogens is 511 g/mol. The van der Waals surface area contributed by atoms with Gasteiger partial charge in [-0.05, 0) is 60.0 Å². The van der Waals surface area contributed by atoms with Gasteiger partial charge in [-0.25, -0.2) is 9.69 Å². The number of hydrogen-bond acceptors (Lipinski definition) is 5. The Morgan fingerprint density at radius 3 is 2.14 bits per heavy atom. The predicted molar refractivity (Wildman–Crippen MR) is 137 cm³/mol. The molecule has 0 spiro atoms. The van der Waals surface area contributed by atoms with Gasteiger partial charge in [-0.1, -0.05) is 66.8 Å². The zero-order chi connectivity index (χ0) is 25.3. The average Bonchev–Trinajstić information content (AvgIpc) is 3.02. The third-order valence-corrected chi connectivity index (χ3v) is 6.05. The number of carbonyl (C=O) groups excluding carboxylic acids is 3. The predicted octanol–water partition coefficient (Wildman–Crippen LogP) is 6.77. The number of halogens is 3. The lowest BCUT2D eigenvalue weighted by molar-refractivity contribution is -0.120. The van der Waals surface area contributed by atoms with E-state index in [9.17, 15) is 14.4 Å². The molecule has 0 fully saturated rings. The molecule has 1 aliphatic rings. The summed E-state index contributed by atoms with van der Waals surface area (Å²) in [5.41, 5.74) is 1.79. The molecule has 0 bridgehead atoms. The fourth-order valence-electron chi connectivity index (χ4n) is 3.56. The van der Waals surface area contributed by atoms with Crippen molar-refractivity contribution in [2.75, 3.05) is 10.2 Å². The van der Waals surface area contributed by atoms with E-state index in [0.29, 0.717) is 17.0 Å². The average molecular weight is 530 g/mol. The normalized spacial score (nSPS) is 13.6. The fourth-order valence-corrected chi connectivity index (χ4v) is 4.28. The summed E-state index contributed by atoms with van der Waals surface area (Å²) in [7, 11) is 0. The number of hydrogen-bond donors (Lipinski definition) is 1. The van der Waals surface area contributed by atoms with Crippen LogP contribution in [0.1, 0.15) is 35.7 Å². The van der Waals surface area contributed by atoms with Crippen molar-refractivity contribution >= 4 is 64.0 Å². The topological polar surface area (TPSA) is 75.7 Å². The van der Waals surface area contributed by atoms with Gasteiger partial charge in [0.2, 0.25) is 0 Å². The van der Waals surface area contributed by atoms with Gasteiger partial charge in [0, 0.05) is 15.7 Å². The highest BCUT2D eigenvalue weighted by atomic mass is 35.5. The first-order chi connectivity index (χ1) is 16.7. The number of imide groups is 1. The van der Waals surface area contributed by atoms with Gasteiger partial charge in [0.15, 0.2) is 0 Å². The van der Waals surface area contributed by atoms with Crippen LogP contribution < -0.4 is 15.0 Å². The number of amides is 2. The van der Waals surface area contributed by atoms with Crippen LogP contribution in [0.25, 0.3) is 0 Å². The van der Waals surface area contributed by atoms with Gasteiger partial charge in [-0.15, -0.1) is 0 Å². The Morgan fingerprint density at radius 1 is 0.886 bits per heavy atom. The highest BCUT2D eigenvalue weighted by molar-refractivity contribution is 6.53. The summed E-state index contributed by atoms with van der Waals surface area (Å²) in [6.07, 6.45) is 0. The largest absolute Gasteiger partial charge is 0.423 e. The molecule has 0 saturated carbocycles. The Labute approximate surface area is 217 Å². The van der Waals surface area contributed by atoms with Crippen LogP contribution in [0, 0.1) is 0 Å². The minimum absolute atomic E-state index is 0.103. The highest BCUT2D eigenvalue weighted by Gasteiger charge is 2.39. The molecule has 2 amide bonds. The van der Waals surface area contributed by atoms with Crippen molar-refractivity contribution in [2.45, 2.75) is 19.8 Å². The zero-order valence-corrected chi connectivity index (χ0v) is 20.9. The summed E-state index contributed by atoms with van der Waals surface area (Å²) in [4.78, 5) is 39.2. The Hall–Kier alpha value is -3.32. The molecule has 1 N–H and O–H groups in total. The molecule has 0 saturated heterocycles. The second-order valence-electron chi connectivity index (χ2n) is 8.05. The number of anilines is 2. The Bertz CT molecular complexity index is 1350. The van der Waals surface area contributed by atoms with Gasteiger partial charge >= 0.3 is 5.97 Å². The van der Waals surface area contributed by atoms with Gasteiger partial charge in [0.1, 0.15) is 16.5 Å². The number of nitrogens with one attached hydrogen (secondary N) is 1. The molecule has 4 rings (SSSR count). The van der Waals surface area contributed by atoms with Crippen molar-refractivity contribution in [2.24, 2.45) is 0 Å². The summed E-state index contributed by atoms with van der Waals surface area (Å²) in [6, 6.07) is 18.0. The maximum atomic E-state index is 13.0. The zero-order valence-electron chi connectivity index (χ0n) is 18.6. The molecule has 3 aromatic rings. The van der Waals surface area contributed by atoms with Crippen LogP contribution in [-0.2, 0) is 9.59 Å². The third kappa shape index (κ3) is 5.20. The Balaban J connectivity index is 1.50. The maximum absolute atomic E-state index is 13.0. The van der Waals surface area contributed by atoms with Crippen molar-refractivity contribution in [3.63, 3.8) is 0 Å². The lowest BCUT2D eigenvalue weighted by Crippen LogP contribution is -2.32. The van der Waals surface area contributed by atoms with Crippen LogP contribution in [-0.4, -0.2) is 17.8 Å². The molecule has 1 aliphatic heterocycles. The molecular formula is C26H19Cl3N2O4. The van der Waals surface area contributed by atoms with E-state index in [2.05, 4.69) is 5.32 Å².